The van der Waals surface area contributed by atoms with Gasteiger partial charge in [0, 0.05) is 17.2 Å². The first-order chi connectivity index (χ1) is 10.7. The monoisotopic (exact) mass is 317 g/mol. The van der Waals surface area contributed by atoms with Crippen LogP contribution in [0.4, 0.5) is 4.79 Å². The van der Waals surface area contributed by atoms with Crippen molar-refractivity contribution >= 4 is 12.1 Å². The van der Waals surface area contributed by atoms with Crippen molar-refractivity contribution in [3.63, 3.8) is 0 Å². The maximum absolute atomic E-state index is 11.3. The number of phenolic OH excluding ortho intramolecular Hbond substituents is 2. The van der Waals surface area contributed by atoms with Crippen LogP contribution in [0.25, 0.3) is 0 Å². The summed E-state index contributed by atoms with van der Waals surface area (Å²) in [5, 5.41) is 28.4. The molecule has 0 radical (unpaired) electrons. The van der Waals surface area contributed by atoms with Gasteiger partial charge in [0.15, 0.2) is 5.60 Å². The lowest BCUT2D eigenvalue weighted by Crippen LogP contribution is -2.33. The fraction of sp³-hybridized carbons (Fsp3) is 0.125. The largest absolute Gasteiger partial charge is 0.508 e. The number of hydrogen-bond acceptors (Lipinski definition) is 5. The average Bonchev–Trinajstić information content (AvgIpc) is 2.46. The molecule has 2 rings (SSSR count). The summed E-state index contributed by atoms with van der Waals surface area (Å²) in [6, 6.07) is 9.42. The third kappa shape index (κ3) is 3.18. The number of benzene rings is 2. The van der Waals surface area contributed by atoms with Crippen molar-refractivity contribution in [3.05, 3.63) is 59.2 Å². The molecule has 0 aliphatic rings. The summed E-state index contributed by atoms with van der Waals surface area (Å²) >= 11 is 0. The molecule has 1 unspecified atom stereocenters. The van der Waals surface area contributed by atoms with Crippen LogP contribution in [0.15, 0.2) is 42.5 Å². The number of hydrogen-bond donors (Lipinski definition) is 4. The van der Waals surface area contributed by atoms with Crippen LogP contribution in [0, 0.1) is 0 Å². The number of primary amides is 1. The first-order valence-corrected chi connectivity index (χ1v) is 6.59. The van der Waals surface area contributed by atoms with Crippen molar-refractivity contribution in [1.82, 2.24) is 0 Å². The molecule has 5 N–H and O–H groups in total. The van der Waals surface area contributed by atoms with Crippen molar-refractivity contribution in [3.8, 4) is 11.5 Å². The maximum atomic E-state index is 11.3. The molecule has 0 saturated carbocycles. The first-order valence-electron chi connectivity index (χ1n) is 6.59. The predicted molar refractivity (Wildman–Crippen MR) is 80.3 cm³/mol. The van der Waals surface area contributed by atoms with Gasteiger partial charge in [-0.15, -0.1) is 0 Å². The van der Waals surface area contributed by atoms with Gasteiger partial charge in [-0.25, -0.2) is 9.59 Å². The maximum Gasteiger partial charge on any atom is 0.405 e. The molecule has 0 saturated heterocycles. The Kier molecular flexibility index (Phi) is 4.13. The third-order valence-corrected chi connectivity index (χ3v) is 3.48. The summed E-state index contributed by atoms with van der Waals surface area (Å²) in [6.45, 7) is 1.50. The number of ether oxygens (including phenoxy) is 1. The molecule has 1 amide bonds. The second-order valence-corrected chi connectivity index (χ2v) is 5.04. The number of aromatic carboxylic acids is 1. The highest BCUT2D eigenvalue weighted by Crippen LogP contribution is 2.39. The van der Waals surface area contributed by atoms with E-state index in [2.05, 4.69) is 0 Å². The van der Waals surface area contributed by atoms with Crippen molar-refractivity contribution in [1.29, 1.82) is 0 Å². The molecule has 7 nitrogen and oxygen atoms in total. The number of carboxylic acids is 1. The molecule has 0 aromatic heterocycles. The molecule has 2 aromatic rings. The van der Waals surface area contributed by atoms with Crippen LogP contribution in [0.1, 0.15) is 28.4 Å². The van der Waals surface area contributed by atoms with Gasteiger partial charge in [0.1, 0.15) is 11.5 Å². The summed E-state index contributed by atoms with van der Waals surface area (Å²) < 4.78 is 5.18. The van der Waals surface area contributed by atoms with E-state index in [4.69, 9.17) is 15.6 Å². The minimum absolute atomic E-state index is 0.0603. The molecule has 0 fully saturated rings. The van der Waals surface area contributed by atoms with Crippen molar-refractivity contribution < 1.29 is 29.6 Å². The van der Waals surface area contributed by atoms with E-state index in [9.17, 15) is 19.8 Å². The summed E-state index contributed by atoms with van der Waals surface area (Å²) in [4.78, 5) is 22.2. The quantitative estimate of drug-likeness (QED) is 0.683. The van der Waals surface area contributed by atoms with Crippen LogP contribution in [0.3, 0.4) is 0 Å². The number of carbonyl (C=O) groups is 2. The molecule has 0 heterocycles. The van der Waals surface area contributed by atoms with Gasteiger partial charge in [-0.1, -0.05) is 12.1 Å². The van der Waals surface area contributed by atoms with Gasteiger partial charge < -0.3 is 25.8 Å². The third-order valence-electron chi connectivity index (χ3n) is 3.48. The van der Waals surface area contributed by atoms with Gasteiger partial charge in [0.25, 0.3) is 0 Å². The van der Waals surface area contributed by atoms with E-state index < -0.39 is 17.7 Å². The molecule has 0 bridgehead atoms. The zero-order chi connectivity index (χ0) is 17.2. The second kappa shape index (κ2) is 5.88. The Morgan fingerprint density at radius 2 is 1.70 bits per heavy atom. The zero-order valence-electron chi connectivity index (χ0n) is 12.2. The van der Waals surface area contributed by atoms with Crippen LogP contribution in [0.2, 0.25) is 0 Å². The molecule has 0 spiro atoms. The predicted octanol–water partition coefficient (Wildman–Crippen LogP) is 2.15. The Balaban J connectivity index is 2.58. The Bertz CT molecular complexity index is 756. The lowest BCUT2D eigenvalue weighted by atomic mass is 9.86. The number of phenols is 2. The molecule has 0 aliphatic carbocycles. The van der Waals surface area contributed by atoms with Gasteiger partial charge in [0.05, 0.1) is 5.56 Å². The molecule has 7 heteroatoms. The Hall–Kier alpha value is -3.22. The fourth-order valence-electron chi connectivity index (χ4n) is 2.32. The van der Waals surface area contributed by atoms with Crippen LogP contribution >= 0.6 is 0 Å². The summed E-state index contributed by atoms with van der Waals surface area (Å²) in [6.07, 6.45) is -1.07. The number of nitrogens with two attached hydrogens (primary N) is 1. The van der Waals surface area contributed by atoms with E-state index in [0.29, 0.717) is 5.56 Å². The number of carboxylic acid groups (broad SMARTS) is 1. The summed E-state index contributed by atoms with van der Waals surface area (Å²) in [7, 11) is 0. The zero-order valence-corrected chi connectivity index (χ0v) is 12.2. The SMILES string of the molecule is CC(OC(N)=O)(c1ccc(C(=O)O)cc1)c1ccc(O)cc1O. The second-order valence-electron chi connectivity index (χ2n) is 5.04. The van der Waals surface area contributed by atoms with Gasteiger partial charge in [-0.2, -0.15) is 0 Å². The molecule has 23 heavy (non-hydrogen) atoms. The van der Waals surface area contributed by atoms with Crippen molar-refractivity contribution in [2.45, 2.75) is 12.5 Å². The van der Waals surface area contributed by atoms with Crippen LogP contribution in [-0.4, -0.2) is 27.4 Å². The molecule has 120 valence electrons. The van der Waals surface area contributed by atoms with Gasteiger partial charge in [-0.05, 0) is 31.2 Å². The molecule has 2 aromatic carbocycles. The Morgan fingerprint density at radius 1 is 1.09 bits per heavy atom. The van der Waals surface area contributed by atoms with Gasteiger partial charge in [-0.3, -0.25) is 0 Å². The van der Waals surface area contributed by atoms with Crippen LogP contribution in [-0.2, 0) is 10.3 Å². The van der Waals surface area contributed by atoms with Crippen molar-refractivity contribution in [2.24, 2.45) is 5.73 Å². The lowest BCUT2D eigenvalue weighted by Gasteiger charge is -2.30. The van der Waals surface area contributed by atoms with E-state index in [0.717, 1.165) is 6.07 Å². The smallest absolute Gasteiger partial charge is 0.405 e. The molecule has 0 aliphatic heterocycles. The standard InChI is InChI=1S/C16H15NO6/c1-16(23-15(17)22,12-7-6-11(18)8-13(12)19)10-4-2-9(3-5-10)14(20)21/h2-8,18-19H,1H3,(H2,17,22)(H,20,21). The first kappa shape index (κ1) is 16.2. The fourth-order valence-corrected chi connectivity index (χ4v) is 2.32. The minimum Gasteiger partial charge on any atom is -0.508 e. The van der Waals surface area contributed by atoms with E-state index in [1.54, 1.807) is 0 Å². The summed E-state index contributed by atoms with van der Waals surface area (Å²) in [5.41, 5.74) is 4.32. The molecular formula is C16H15NO6. The van der Waals surface area contributed by atoms with Gasteiger partial charge >= 0.3 is 12.1 Å². The van der Waals surface area contributed by atoms with E-state index in [-0.39, 0.29) is 22.6 Å². The number of rotatable bonds is 4. The molecular weight excluding hydrogens is 302 g/mol. The van der Waals surface area contributed by atoms with E-state index >= 15 is 0 Å². The highest BCUT2D eigenvalue weighted by molar-refractivity contribution is 5.87. The number of carbonyl (C=O) groups excluding carboxylic acids is 1. The number of aromatic hydroxyl groups is 2. The highest BCUT2D eigenvalue weighted by Gasteiger charge is 2.35. The minimum atomic E-state index is -1.46. The van der Waals surface area contributed by atoms with Crippen LogP contribution < -0.4 is 5.73 Å². The number of amides is 1. The topological polar surface area (TPSA) is 130 Å². The highest BCUT2D eigenvalue weighted by atomic mass is 16.6. The van der Waals surface area contributed by atoms with E-state index in [1.165, 1.54) is 43.3 Å². The van der Waals surface area contributed by atoms with Crippen molar-refractivity contribution in [2.75, 3.05) is 0 Å². The Morgan fingerprint density at radius 3 is 2.17 bits per heavy atom. The van der Waals surface area contributed by atoms with Gasteiger partial charge in [0.2, 0.25) is 0 Å². The Labute approximate surface area is 131 Å². The normalized spacial score (nSPS) is 13.1. The summed E-state index contributed by atoms with van der Waals surface area (Å²) in [5.74, 6) is -1.55. The average molecular weight is 317 g/mol. The molecule has 1 atom stereocenters. The van der Waals surface area contributed by atoms with E-state index in [1.807, 2.05) is 0 Å². The van der Waals surface area contributed by atoms with Crippen LogP contribution in [0.5, 0.6) is 11.5 Å². The lowest BCUT2D eigenvalue weighted by molar-refractivity contribution is 0.0575.